The number of ketones is 1. The van der Waals surface area contributed by atoms with Crippen molar-refractivity contribution < 1.29 is 13.9 Å². The van der Waals surface area contributed by atoms with Crippen molar-refractivity contribution in [3.05, 3.63) is 63.9 Å². The fourth-order valence-electron chi connectivity index (χ4n) is 1.94. The van der Waals surface area contributed by atoms with Gasteiger partial charge >= 0.3 is 0 Å². The second-order valence-electron chi connectivity index (χ2n) is 4.73. The molecule has 0 aliphatic heterocycles. The third-order valence-corrected chi connectivity index (χ3v) is 3.68. The quantitative estimate of drug-likeness (QED) is 0.699. The van der Waals surface area contributed by atoms with Crippen LogP contribution >= 0.6 is 15.9 Å². The van der Waals surface area contributed by atoms with Crippen molar-refractivity contribution in [1.82, 2.24) is 0 Å². The van der Waals surface area contributed by atoms with Gasteiger partial charge in [0.05, 0.1) is 4.47 Å². The zero-order valence-corrected chi connectivity index (χ0v) is 13.3. The number of carbonyl (C=O) groups excluding carboxylic acids is 1. The number of rotatable bonds is 6. The fraction of sp³-hybridized carbons (Fsp3) is 0.235. The van der Waals surface area contributed by atoms with E-state index in [1.165, 1.54) is 23.8 Å². The molecule has 0 heterocycles. The van der Waals surface area contributed by atoms with Gasteiger partial charge in [-0.05, 0) is 46.1 Å². The SMILES string of the molecule is CCCc1ccc(C(=O)COc2ccc(F)c(Br)c2)cc1. The van der Waals surface area contributed by atoms with Crippen molar-refractivity contribution in [2.75, 3.05) is 6.61 Å². The molecule has 0 unspecified atom stereocenters. The summed E-state index contributed by atoms with van der Waals surface area (Å²) in [5, 5.41) is 0. The molecule has 0 fully saturated rings. The summed E-state index contributed by atoms with van der Waals surface area (Å²) in [6.45, 7) is 2.05. The van der Waals surface area contributed by atoms with Gasteiger partial charge in [-0.15, -0.1) is 0 Å². The van der Waals surface area contributed by atoms with Crippen LogP contribution < -0.4 is 4.74 Å². The van der Waals surface area contributed by atoms with Gasteiger partial charge in [-0.25, -0.2) is 4.39 Å². The number of halogens is 2. The molecule has 0 N–H and O–H groups in total. The number of Topliss-reactive ketones (excluding diaryl/α,β-unsaturated/α-hetero) is 1. The van der Waals surface area contributed by atoms with E-state index >= 15 is 0 Å². The molecule has 0 atom stereocenters. The van der Waals surface area contributed by atoms with Crippen molar-refractivity contribution in [1.29, 1.82) is 0 Å². The second kappa shape index (κ2) is 7.36. The Morgan fingerprint density at radius 1 is 1.19 bits per heavy atom. The molecule has 4 heteroatoms. The smallest absolute Gasteiger partial charge is 0.200 e. The molecule has 0 aromatic heterocycles. The molecule has 0 saturated carbocycles. The number of carbonyl (C=O) groups is 1. The van der Waals surface area contributed by atoms with E-state index in [0.29, 0.717) is 15.8 Å². The van der Waals surface area contributed by atoms with Crippen molar-refractivity contribution in [3.63, 3.8) is 0 Å². The number of hydrogen-bond acceptors (Lipinski definition) is 2. The molecule has 0 bridgehead atoms. The first kappa shape index (κ1) is 15.7. The Labute approximate surface area is 132 Å². The highest BCUT2D eigenvalue weighted by molar-refractivity contribution is 9.10. The lowest BCUT2D eigenvalue weighted by Crippen LogP contribution is -2.11. The highest BCUT2D eigenvalue weighted by atomic mass is 79.9. The lowest BCUT2D eigenvalue weighted by molar-refractivity contribution is 0.0921. The number of hydrogen-bond donors (Lipinski definition) is 0. The van der Waals surface area contributed by atoms with Gasteiger partial charge in [0.1, 0.15) is 11.6 Å². The van der Waals surface area contributed by atoms with E-state index < -0.39 is 0 Å². The Balaban J connectivity index is 1.96. The zero-order chi connectivity index (χ0) is 15.2. The van der Waals surface area contributed by atoms with Gasteiger partial charge < -0.3 is 4.74 Å². The summed E-state index contributed by atoms with van der Waals surface area (Å²) in [7, 11) is 0. The van der Waals surface area contributed by atoms with Crippen LogP contribution in [0.1, 0.15) is 29.3 Å². The molecular weight excluding hydrogens is 335 g/mol. The lowest BCUT2D eigenvalue weighted by atomic mass is 10.1. The van der Waals surface area contributed by atoms with Gasteiger partial charge in [0.25, 0.3) is 0 Å². The maximum atomic E-state index is 13.1. The summed E-state index contributed by atoms with van der Waals surface area (Å²) in [5.41, 5.74) is 1.84. The molecule has 2 aromatic carbocycles. The largest absolute Gasteiger partial charge is 0.485 e. The van der Waals surface area contributed by atoms with Crippen molar-refractivity contribution in [2.45, 2.75) is 19.8 Å². The van der Waals surface area contributed by atoms with Gasteiger partial charge in [0.15, 0.2) is 12.4 Å². The minimum absolute atomic E-state index is 0.0643. The standard InChI is InChI=1S/C17H16BrFO2/c1-2-3-12-4-6-13(7-5-12)17(20)11-21-14-8-9-16(19)15(18)10-14/h4-10H,2-3,11H2,1H3. The van der Waals surface area contributed by atoms with Crippen LogP contribution in [0, 0.1) is 5.82 Å². The predicted molar refractivity (Wildman–Crippen MR) is 84.4 cm³/mol. The topological polar surface area (TPSA) is 26.3 Å². The first-order chi connectivity index (χ1) is 10.1. The summed E-state index contributed by atoms with van der Waals surface area (Å²) in [4.78, 5) is 12.0. The third-order valence-electron chi connectivity index (χ3n) is 3.08. The van der Waals surface area contributed by atoms with E-state index in [0.717, 1.165) is 12.8 Å². The number of benzene rings is 2. The van der Waals surface area contributed by atoms with Crippen LogP contribution in [0.4, 0.5) is 4.39 Å². The van der Waals surface area contributed by atoms with E-state index in [4.69, 9.17) is 4.74 Å². The van der Waals surface area contributed by atoms with Gasteiger partial charge in [-0.3, -0.25) is 4.79 Å². The molecule has 0 spiro atoms. The monoisotopic (exact) mass is 350 g/mol. The Kier molecular flexibility index (Phi) is 5.51. The summed E-state index contributed by atoms with van der Waals surface area (Å²) in [6.07, 6.45) is 2.09. The van der Waals surface area contributed by atoms with Crippen LogP contribution in [-0.2, 0) is 6.42 Å². The van der Waals surface area contributed by atoms with E-state index in [-0.39, 0.29) is 18.2 Å². The summed E-state index contributed by atoms with van der Waals surface area (Å²) in [5.74, 6) is -0.00193. The van der Waals surface area contributed by atoms with Crippen LogP contribution in [-0.4, -0.2) is 12.4 Å². The first-order valence-corrected chi connectivity index (χ1v) is 7.59. The average Bonchev–Trinajstić information content (AvgIpc) is 2.49. The molecule has 0 amide bonds. The van der Waals surface area contributed by atoms with E-state index in [2.05, 4.69) is 22.9 Å². The van der Waals surface area contributed by atoms with Crippen LogP contribution in [0.15, 0.2) is 46.9 Å². The Bertz CT molecular complexity index is 623. The van der Waals surface area contributed by atoms with E-state index in [9.17, 15) is 9.18 Å². The van der Waals surface area contributed by atoms with Crippen LogP contribution in [0.2, 0.25) is 0 Å². The minimum Gasteiger partial charge on any atom is -0.485 e. The predicted octanol–water partition coefficient (Wildman–Crippen LogP) is 4.80. The highest BCUT2D eigenvalue weighted by Gasteiger charge is 2.08. The summed E-state index contributed by atoms with van der Waals surface area (Å²) < 4.78 is 18.8. The molecule has 0 aliphatic rings. The molecule has 0 saturated heterocycles. The average molecular weight is 351 g/mol. The van der Waals surface area contributed by atoms with Crippen LogP contribution in [0.3, 0.4) is 0 Å². The molecular formula is C17H16BrFO2. The highest BCUT2D eigenvalue weighted by Crippen LogP contribution is 2.21. The molecule has 0 radical (unpaired) electrons. The third kappa shape index (κ3) is 4.39. The Morgan fingerprint density at radius 2 is 1.90 bits per heavy atom. The fourth-order valence-corrected chi connectivity index (χ4v) is 2.30. The maximum absolute atomic E-state index is 13.1. The van der Waals surface area contributed by atoms with E-state index in [1.807, 2.05) is 24.3 Å². The Morgan fingerprint density at radius 3 is 2.52 bits per heavy atom. The molecule has 110 valence electrons. The van der Waals surface area contributed by atoms with Crippen molar-refractivity contribution in [2.24, 2.45) is 0 Å². The Hall–Kier alpha value is -1.68. The lowest BCUT2D eigenvalue weighted by Gasteiger charge is -2.07. The first-order valence-electron chi connectivity index (χ1n) is 6.80. The molecule has 21 heavy (non-hydrogen) atoms. The maximum Gasteiger partial charge on any atom is 0.200 e. The van der Waals surface area contributed by atoms with Gasteiger partial charge in [-0.2, -0.15) is 0 Å². The zero-order valence-electron chi connectivity index (χ0n) is 11.7. The van der Waals surface area contributed by atoms with E-state index in [1.54, 1.807) is 0 Å². The van der Waals surface area contributed by atoms with Crippen molar-refractivity contribution >= 4 is 21.7 Å². The van der Waals surface area contributed by atoms with Gasteiger partial charge in [-0.1, -0.05) is 37.6 Å². The van der Waals surface area contributed by atoms with Gasteiger partial charge in [0.2, 0.25) is 0 Å². The number of ether oxygens (including phenoxy) is 1. The second-order valence-corrected chi connectivity index (χ2v) is 5.59. The van der Waals surface area contributed by atoms with Crippen LogP contribution in [0.5, 0.6) is 5.75 Å². The summed E-state index contributed by atoms with van der Waals surface area (Å²) >= 11 is 3.08. The molecule has 0 aliphatic carbocycles. The normalized spacial score (nSPS) is 10.4. The summed E-state index contributed by atoms with van der Waals surface area (Å²) in [6, 6.07) is 11.9. The number of aryl methyl sites for hydroxylation is 1. The van der Waals surface area contributed by atoms with Gasteiger partial charge in [0, 0.05) is 5.56 Å². The molecule has 2 nitrogen and oxygen atoms in total. The molecule has 2 aromatic rings. The molecule has 2 rings (SSSR count). The van der Waals surface area contributed by atoms with Crippen LogP contribution in [0.25, 0.3) is 0 Å². The van der Waals surface area contributed by atoms with Crippen molar-refractivity contribution in [3.8, 4) is 5.75 Å². The minimum atomic E-state index is -0.361.